The van der Waals surface area contributed by atoms with Crippen molar-refractivity contribution >= 4 is 11.8 Å². The van der Waals surface area contributed by atoms with Crippen LogP contribution in [-0.4, -0.2) is 45.5 Å². The van der Waals surface area contributed by atoms with E-state index in [4.69, 9.17) is 5.11 Å². The van der Waals surface area contributed by atoms with Gasteiger partial charge in [0.15, 0.2) is 0 Å². The van der Waals surface area contributed by atoms with Crippen molar-refractivity contribution in [2.24, 2.45) is 0 Å². The lowest BCUT2D eigenvalue weighted by molar-refractivity contribution is -0.131. The summed E-state index contributed by atoms with van der Waals surface area (Å²) < 4.78 is 0. The third-order valence-electron chi connectivity index (χ3n) is 5.06. The van der Waals surface area contributed by atoms with Crippen LogP contribution in [0.3, 0.4) is 0 Å². The molecule has 0 aliphatic rings. The Kier molecular flexibility index (Phi) is 7.35. The summed E-state index contributed by atoms with van der Waals surface area (Å²) in [6.07, 6.45) is 0.735. The van der Waals surface area contributed by atoms with Crippen molar-refractivity contribution in [3.63, 3.8) is 0 Å². The number of benzene rings is 2. The Labute approximate surface area is 166 Å². The van der Waals surface area contributed by atoms with Gasteiger partial charge in [-0.3, -0.25) is 9.69 Å². The minimum Gasteiger partial charge on any atom is -0.508 e. The fourth-order valence-corrected chi connectivity index (χ4v) is 3.68. The zero-order chi connectivity index (χ0) is 20.8. The first-order valence-electron chi connectivity index (χ1n) is 9.63. The molecule has 0 radical (unpaired) electrons. The molecule has 0 heterocycles. The normalized spacial score (nSPS) is 12.5. The molecule has 0 saturated carbocycles. The maximum Gasteiger partial charge on any atom is 0.377 e. The number of carbonyl (C=O) groups excluding carboxylic acids is 1. The summed E-state index contributed by atoms with van der Waals surface area (Å²) in [5.41, 5.74) is 1.67. The number of aliphatic carboxylic acids is 1. The molecule has 2 rings (SSSR count). The molecule has 2 aromatic carbocycles. The van der Waals surface area contributed by atoms with E-state index in [0.717, 1.165) is 18.5 Å². The van der Waals surface area contributed by atoms with E-state index >= 15 is 0 Å². The maximum atomic E-state index is 11.9. The van der Waals surface area contributed by atoms with Crippen LogP contribution >= 0.6 is 0 Å². The quantitative estimate of drug-likeness (QED) is 0.499. The molecule has 0 spiro atoms. The molecule has 0 aromatic heterocycles. The fourth-order valence-electron chi connectivity index (χ4n) is 3.68. The molecule has 0 aliphatic carbocycles. The van der Waals surface area contributed by atoms with Crippen LogP contribution in [0.4, 0.5) is 0 Å². The standard InChI is InChI=1S/C23H29NO4/c1-15(2)24(16(3)4)13-12-19(17-8-6-5-7-9-17)20-14-18(10-11-21(20)25)22(26)23(27)28/h5-11,14-16,19,25H,12-13H2,1-4H3,(H,27,28). The average Bonchev–Trinajstić information content (AvgIpc) is 2.65. The van der Waals surface area contributed by atoms with E-state index < -0.39 is 11.8 Å². The largest absolute Gasteiger partial charge is 0.508 e. The number of ketones is 1. The van der Waals surface area contributed by atoms with Crippen molar-refractivity contribution in [3.8, 4) is 5.75 Å². The molecule has 1 atom stereocenters. The Morgan fingerprint density at radius 3 is 2.11 bits per heavy atom. The molecule has 0 saturated heterocycles. The molecule has 150 valence electrons. The summed E-state index contributed by atoms with van der Waals surface area (Å²) in [6, 6.07) is 14.8. The van der Waals surface area contributed by atoms with Gasteiger partial charge in [0, 0.05) is 29.1 Å². The monoisotopic (exact) mass is 383 g/mol. The van der Waals surface area contributed by atoms with Gasteiger partial charge in [0.1, 0.15) is 5.75 Å². The van der Waals surface area contributed by atoms with E-state index in [-0.39, 0.29) is 17.2 Å². The van der Waals surface area contributed by atoms with Crippen LogP contribution in [0.1, 0.15) is 61.5 Å². The number of aromatic hydroxyl groups is 1. The van der Waals surface area contributed by atoms with Gasteiger partial charge in [0.25, 0.3) is 5.78 Å². The summed E-state index contributed by atoms with van der Waals surface area (Å²) in [6.45, 7) is 9.43. The summed E-state index contributed by atoms with van der Waals surface area (Å²) in [4.78, 5) is 25.4. The first-order valence-corrected chi connectivity index (χ1v) is 9.63. The topological polar surface area (TPSA) is 77.8 Å². The summed E-state index contributed by atoms with van der Waals surface area (Å²) in [5.74, 6) is -2.56. The van der Waals surface area contributed by atoms with E-state index in [1.54, 1.807) is 0 Å². The summed E-state index contributed by atoms with van der Waals surface area (Å²) in [5, 5.41) is 19.5. The lowest BCUT2D eigenvalue weighted by Gasteiger charge is -2.32. The van der Waals surface area contributed by atoms with E-state index in [9.17, 15) is 14.7 Å². The lowest BCUT2D eigenvalue weighted by Crippen LogP contribution is -2.38. The van der Waals surface area contributed by atoms with Gasteiger partial charge in [-0.2, -0.15) is 0 Å². The Bertz CT molecular complexity index is 807. The molecular weight excluding hydrogens is 354 g/mol. The third-order valence-corrected chi connectivity index (χ3v) is 5.06. The highest BCUT2D eigenvalue weighted by Crippen LogP contribution is 2.35. The summed E-state index contributed by atoms with van der Waals surface area (Å²) in [7, 11) is 0. The molecule has 28 heavy (non-hydrogen) atoms. The zero-order valence-corrected chi connectivity index (χ0v) is 16.9. The lowest BCUT2D eigenvalue weighted by atomic mass is 9.86. The average molecular weight is 383 g/mol. The predicted octanol–water partition coefficient (Wildman–Crippen LogP) is 4.30. The van der Waals surface area contributed by atoms with Crippen molar-refractivity contribution in [2.45, 2.75) is 52.1 Å². The molecule has 2 aromatic rings. The Balaban J connectivity index is 2.44. The van der Waals surface area contributed by atoms with Crippen LogP contribution < -0.4 is 0 Å². The van der Waals surface area contributed by atoms with Crippen LogP contribution in [0, 0.1) is 0 Å². The third kappa shape index (κ3) is 5.20. The number of hydrogen-bond donors (Lipinski definition) is 2. The van der Waals surface area contributed by atoms with Crippen LogP contribution in [0.25, 0.3) is 0 Å². The van der Waals surface area contributed by atoms with Gasteiger partial charge in [-0.1, -0.05) is 30.3 Å². The molecule has 0 fully saturated rings. The molecule has 5 heteroatoms. The van der Waals surface area contributed by atoms with E-state index in [1.165, 1.54) is 18.2 Å². The number of Topliss-reactive ketones (excluding diaryl/α,β-unsaturated/α-hetero) is 1. The minimum atomic E-state index is -1.50. The number of carbonyl (C=O) groups is 2. The van der Waals surface area contributed by atoms with E-state index in [0.29, 0.717) is 17.6 Å². The number of nitrogens with zero attached hydrogens (tertiary/aromatic N) is 1. The molecular formula is C23H29NO4. The van der Waals surface area contributed by atoms with Crippen molar-refractivity contribution in [2.75, 3.05) is 6.54 Å². The van der Waals surface area contributed by atoms with Crippen molar-refractivity contribution in [1.82, 2.24) is 4.90 Å². The van der Waals surface area contributed by atoms with Gasteiger partial charge in [-0.05, 0) is 64.4 Å². The highest BCUT2D eigenvalue weighted by Gasteiger charge is 2.23. The number of carboxylic acids is 1. The number of phenols is 1. The number of carboxylic acid groups (broad SMARTS) is 1. The number of rotatable bonds is 9. The number of hydrogen-bond acceptors (Lipinski definition) is 4. The number of phenolic OH excluding ortho intramolecular Hbond substituents is 1. The Hall–Kier alpha value is -2.66. The smallest absolute Gasteiger partial charge is 0.377 e. The van der Waals surface area contributed by atoms with Gasteiger partial charge in [0.05, 0.1) is 0 Å². The molecule has 1 unspecified atom stereocenters. The molecule has 5 nitrogen and oxygen atoms in total. The molecule has 0 amide bonds. The van der Waals surface area contributed by atoms with Crippen LogP contribution in [0.5, 0.6) is 5.75 Å². The molecule has 0 aliphatic heterocycles. The summed E-state index contributed by atoms with van der Waals surface area (Å²) >= 11 is 0. The predicted molar refractivity (Wildman–Crippen MR) is 110 cm³/mol. The second kappa shape index (κ2) is 9.51. The zero-order valence-electron chi connectivity index (χ0n) is 16.9. The van der Waals surface area contributed by atoms with Crippen LogP contribution in [-0.2, 0) is 4.79 Å². The van der Waals surface area contributed by atoms with Crippen LogP contribution in [0.15, 0.2) is 48.5 Å². The van der Waals surface area contributed by atoms with E-state index in [2.05, 4.69) is 32.6 Å². The van der Waals surface area contributed by atoms with Gasteiger partial charge in [-0.15, -0.1) is 0 Å². The Morgan fingerprint density at radius 2 is 1.57 bits per heavy atom. The van der Waals surface area contributed by atoms with Gasteiger partial charge >= 0.3 is 5.97 Å². The van der Waals surface area contributed by atoms with Gasteiger partial charge in [0.2, 0.25) is 0 Å². The van der Waals surface area contributed by atoms with Gasteiger partial charge < -0.3 is 10.2 Å². The first-order chi connectivity index (χ1) is 13.2. The molecule has 2 N–H and O–H groups in total. The first kappa shape index (κ1) is 21.6. The van der Waals surface area contributed by atoms with Crippen molar-refractivity contribution < 1.29 is 19.8 Å². The van der Waals surface area contributed by atoms with Gasteiger partial charge in [-0.25, -0.2) is 4.79 Å². The highest BCUT2D eigenvalue weighted by atomic mass is 16.4. The Morgan fingerprint density at radius 1 is 0.964 bits per heavy atom. The fraction of sp³-hybridized carbons (Fsp3) is 0.391. The second-order valence-electron chi connectivity index (χ2n) is 7.59. The highest BCUT2D eigenvalue weighted by molar-refractivity contribution is 6.39. The molecule has 0 bridgehead atoms. The van der Waals surface area contributed by atoms with Crippen molar-refractivity contribution in [3.05, 3.63) is 65.2 Å². The van der Waals surface area contributed by atoms with Crippen molar-refractivity contribution in [1.29, 1.82) is 0 Å². The second-order valence-corrected chi connectivity index (χ2v) is 7.59. The van der Waals surface area contributed by atoms with Crippen LogP contribution in [0.2, 0.25) is 0 Å². The maximum absolute atomic E-state index is 11.9. The SMILES string of the molecule is CC(C)N(CCC(c1ccccc1)c1cc(C(=O)C(=O)O)ccc1O)C(C)C. The minimum absolute atomic E-state index is 0.0661. The van der Waals surface area contributed by atoms with E-state index in [1.807, 2.05) is 30.3 Å².